The number of phenolic OH excluding ortho intramolecular Hbond substituents is 1. The molecule has 0 radical (unpaired) electrons. The fourth-order valence-corrected chi connectivity index (χ4v) is 2.19. The first-order valence-corrected chi connectivity index (χ1v) is 5.70. The van der Waals surface area contributed by atoms with Crippen molar-refractivity contribution in [1.82, 2.24) is 4.98 Å². The van der Waals surface area contributed by atoms with E-state index in [0.717, 1.165) is 23.0 Å². The number of halogens is 1. The van der Waals surface area contributed by atoms with Crippen molar-refractivity contribution in [1.29, 1.82) is 0 Å². The van der Waals surface area contributed by atoms with Crippen LogP contribution in [0.25, 0.3) is 10.9 Å². The van der Waals surface area contributed by atoms with E-state index in [2.05, 4.69) is 33.9 Å². The Bertz CT molecular complexity index is 523. The molecule has 1 heterocycles. The molecule has 15 heavy (non-hydrogen) atoms. The molecule has 1 aromatic heterocycles. The van der Waals surface area contributed by atoms with Crippen LogP contribution in [0, 0.1) is 6.92 Å². The number of rotatable bonds is 1. The van der Waals surface area contributed by atoms with E-state index < -0.39 is 0 Å². The van der Waals surface area contributed by atoms with E-state index in [-0.39, 0.29) is 5.75 Å². The molecule has 1 aromatic carbocycles. The van der Waals surface area contributed by atoms with Gasteiger partial charge in [0.05, 0.1) is 9.99 Å². The molecule has 1 N–H and O–H groups in total. The van der Waals surface area contributed by atoms with Gasteiger partial charge in [-0.1, -0.05) is 6.92 Å². The Morgan fingerprint density at radius 3 is 2.80 bits per heavy atom. The van der Waals surface area contributed by atoms with Crippen molar-refractivity contribution >= 4 is 26.8 Å². The molecule has 0 fully saturated rings. The molecule has 0 aliphatic carbocycles. The van der Waals surface area contributed by atoms with Crippen LogP contribution in [0.2, 0.25) is 0 Å². The van der Waals surface area contributed by atoms with Crippen LogP contribution in [-0.4, -0.2) is 10.1 Å². The summed E-state index contributed by atoms with van der Waals surface area (Å²) in [6, 6.07) is 5.70. The normalized spacial score (nSPS) is 10.9. The molecule has 2 aromatic rings. The number of aryl methyl sites for hydroxylation is 2. The van der Waals surface area contributed by atoms with E-state index in [9.17, 15) is 5.11 Å². The van der Waals surface area contributed by atoms with Crippen molar-refractivity contribution in [3.8, 4) is 5.75 Å². The van der Waals surface area contributed by atoms with Crippen LogP contribution in [0.4, 0.5) is 0 Å². The summed E-state index contributed by atoms with van der Waals surface area (Å²) in [4.78, 5) is 4.44. The zero-order valence-electron chi connectivity index (χ0n) is 8.71. The van der Waals surface area contributed by atoms with Crippen molar-refractivity contribution < 1.29 is 5.11 Å². The number of fused-ring (bicyclic) bond motifs is 1. The Morgan fingerprint density at radius 2 is 2.13 bits per heavy atom. The molecule has 3 heteroatoms. The minimum absolute atomic E-state index is 0.239. The standard InChI is InChI=1S/C12H12BrNO/c1-3-8-6-7(2)14-12-9(8)4-5-10(15)11(12)13/h4-6,15H,3H2,1-2H3. The molecular weight excluding hydrogens is 254 g/mol. The SMILES string of the molecule is CCc1cc(C)nc2c(Br)c(O)ccc12. The van der Waals surface area contributed by atoms with Gasteiger partial charge in [-0.15, -0.1) is 0 Å². The summed E-state index contributed by atoms with van der Waals surface area (Å²) >= 11 is 3.37. The average molecular weight is 266 g/mol. The maximum Gasteiger partial charge on any atom is 0.132 e. The van der Waals surface area contributed by atoms with Gasteiger partial charge in [0.15, 0.2) is 0 Å². The molecule has 0 aliphatic rings. The molecule has 0 saturated carbocycles. The van der Waals surface area contributed by atoms with Crippen molar-refractivity contribution in [3.63, 3.8) is 0 Å². The lowest BCUT2D eigenvalue weighted by molar-refractivity contribution is 0.473. The first-order valence-electron chi connectivity index (χ1n) is 4.91. The van der Waals surface area contributed by atoms with E-state index in [1.807, 2.05) is 13.0 Å². The Morgan fingerprint density at radius 1 is 1.40 bits per heavy atom. The highest BCUT2D eigenvalue weighted by Crippen LogP contribution is 2.32. The van der Waals surface area contributed by atoms with E-state index in [1.54, 1.807) is 6.07 Å². The Hall–Kier alpha value is -1.09. The third-order valence-corrected chi connectivity index (χ3v) is 3.28. The minimum Gasteiger partial charge on any atom is -0.507 e. The average Bonchev–Trinajstić information content (AvgIpc) is 2.23. The lowest BCUT2D eigenvalue weighted by Gasteiger charge is -2.08. The van der Waals surface area contributed by atoms with Crippen LogP contribution < -0.4 is 0 Å². The van der Waals surface area contributed by atoms with E-state index in [1.165, 1.54) is 5.56 Å². The Labute approximate surface area is 97.1 Å². The van der Waals surface area contributed by atoms with Gasteiger partial charge in [0.2, 0.25) is 0 Å². The molecule has 0 aliphatic heterocycles. The Balaban J connectivity index is 2.89. The van der Waals surface area contributed by atoms with Gasteiger partial charge in [-0.3, -0.25) is 4.98 Å². The zero-order chi connectivity index (χ0) is 11.0. The van der Waals surface area contributed by atoms with Gasteiger partial charge in [0.25, 0.3) is 0 Å². The molecule has 2 nitrogen and oxygen atoms in total. The summed E-state index contributed by atoms with van der Waals surface area (Å²) in [7, 11) is 0. The number of aromatic hydroxyl groups is 1. The highest BCUT2D eigenvalue weighted by Gasteiger charge is 2.08. The van der Waals surface area contributed by atoms with Gasteiger partial charge in [-0.25, -0.2) is 0 Å². The monoisotopic (exact) mass is 265 g/mol. The van der Waals surface area contributed by atoms with Gasteiger partial charge in [0, 0.05) is 11.1 Å². The summed E-state index contributed by atoms with van der Waals surface area (Å²) < 4.78 is 0.679. The maximum absolute atomic E-state index is 9.58. The number of benzene rings is 1. The van der Waals surface area contributed by atoms with Gasteiger partial charge >= 0.3 is 0 Å². The Kier molecular flexibility index (Phi) is 2.65. The summed E-state index contributed by atoms with van der Waals surface area (Å²) in [5.74, 6) is 0.239. The largest absolute Gasteiger partial charge is 0.507 e. The predicted molar refractivity (Wildman–Crippen MR) is 65.2 cm³/mol. The molecule has 78 valence electrons. The zero-order valence-corrected chi connectivity index (χ0v) is 10.3. The molecule has 0 bridgehead atoms. The van der Waals surface area contributed by atoms with Crippen LogP contribution in [0.3, 0.4) is 0 Å². The summed E-state index contributed by atoms with van der Waals surface area (Å²) in [5.41, 5.74) is 3.08. The molecule has 0 unspecified atom stereocenters. The van der Waals surface area contributed by atoms with E-state index in [0.29, 0.717) is 4.47 Å². The van der Waals surface area contributed by atoms with Crippen LogP contribution in [0.15, 0.2) is 22.7 Å². The fourth-order valence-electron chi connectivity index (χ4n) is 1.75. The third-order valence-electron chi connectivity index (χ3n) is 2.49. The van der Waals surface area contributed by atoms with Gasteiger partial charge in [0.1, 0.15) is 5.75 Å². The lowest BCUT2D eigenvalue weighted by Crippen LogP contribution is -1.91. The maximum atomic E-state index is 9.58. The molecule has 0 amide bonds. The van der Waals surface area contributed by atoms with Gasteiger partial charge < -0.3 is 5.11 Å². The number of phenols is 1. The van der Waals surface area contributed by atoms with Crippen LogP contribution in [0.1, 0.15) is 18.2 Å². The summed E-state index contributed by atoms with van der Waals surface area (Å²) in [6.45, 7) is 4.09. The highest BCUT2D eigenvalue weighted by atomic mass is 79.9. The van der Waals surface area contributed by atoms with Crippen LogP contribution >= 0.6 is 15.9 Å². The fraction of sp³-hybridized carbons (Fsp3) is 0.250. The van der Waals surface area contributed by atoms with E-state index in [4.69, 9.17) is 0 Å². The summed E-state index contributed by atoms with van der Waals surface area (Å²) in [5, 5.41) is 10.7. The highest BCUT2D eigenvalue weighted by molar-refractivity contribution is 9.10. The van der Waals surface area contributed by atoms with Crippen molar-refractivity contribution in [2.75, 3.05) is 0 Å². The van der Waals surface area contributed by atoms with Crippen molar-refractivity contribution in [2.24, 2.45) is 0 Å². The molecule has 0 atom stereocenters. The van der Waals surface area contributed by atoms with Crippen LogP contribution in [0.5, 0.6) is 5.75 Å². The number of hydrogen-bond donors (Lipinski definition) is 1. The van der Waals surface area contributed by atoms with E-state index >= 15 is 0 Å². The first-order chi connectivity index (χ1) is 7.13. The van der Waals surface area contributed by atoms with Gasteiger partial charge in [-0.2, -0.15) is 0 Å². The first kappa shape index (κ1) is 10.4. The molecular formula is C12H12BrNO. The number of pyridine rings is 1. The smallest absolute Gasteiger partial charge is 0.132 e. The molecule has 0 saturated heterocycles. The second kappa shape index (κ2) is 3.81. The number of aromatic nitrogens is 1. The molecule has 2 rings (SSSR count). The third kappa shape index (κ3) is 1.72. The quantitative estimate of drug-likeness (QED) is 0.855. The second-order valence-corrected chi connectivity index (χ2v) is 4.36. The van der Waals surface area contributed by atoms with Crippen molar-refractivity contribution in [3.05, 3.63) is 33.9 Å². The van der Waals surface area contributed by atoms with Crippen LogP contribution in [-0.2, 0) is 6.42 Å². The number of nitrogens with zero attached hydrogens (tertiary/aromatic N) is 1. The lowest BCUT2D eigenvalue weighted by atomic mass is 10.1. The number of hydrogen-bond acceptors (Lipinski definition) is 2. The topological polar surface area (TPSA) is 33.1 Å². The van der Waals surface area contributed by atoms with Gasteiger partial charge in [-0.05, 0) is 53.0 Å². The predicted octanol–water partition coefficient (Wildman–Crippen LogP) is 3.57. The summed E-state index contributed by atoms with van der Waals surface area (Å²) in [6.07, 6.45) is 0.969. The molecule has 0 spiro atoms. The second-order valence-electron chi connectivity index (χ2n) is 3.57. The minimum atomic E-state index is 0.239. The van der Waals surface area contributed by atoms with Crippen molar-refractivity contribution in [2.45, 2.75) is 20.3 Å².